The van der Waals surface area contributed by atoms with Crippen LogP contribution in [0.25, 0.3) is 0 Å². The zero-order chi connectivity index (χ0) is 15.3. The smallest absolute Gasteiger partial charge is 0.222 e. The first-order valence-corrected chi connectivity index (χ1v) is 7.55. The van der Waals surface area contributed by atoms with Gasteiger partial charge in [0.1, 0.15) is 0 Å². The summed E-state index contributed by atoms with van der Waals surface area (Å²) in [4.78, 5) is 25.5. The molecule has 0 aromatic rings. The summed E-state index contributed by atoms with van der Waals surface area (Å²) in [6, 6.07) is 0.204. The molecule has 0 aromatic heterocycles. The molecule has 5 nitrogen and oxygen atoms in total. The number of rotatable bonds is 6. The maximum absolute atomic E-state index is 12.4. The van der Waals surface area contributed by atoms with Crippen molar-refractivity contribution in [3.63, 3.8) is 0 Å². The highest BCUT2D eigenvalue weighted by atomic mass is 16.2. The molecule has 0 spiro atoms. The molecule has 2 atom stereocenters. The minimum Gasteiger partial charge on any atom is -0.369 e. The monoisotopic (exact) mass is 283 g/mol. The summed E-state index contributed by atoms with van der Waals surface area (Å²) in [5.41, 5.74) is 11.0. The van der Waals surface area contributed by atoms with Crippen LogP contribution in [0.2, 0.25) is 0 Å². The number of piperidine rings is 1. The second-order valence-corrected chi connectivity index (χ2v) is 6.77. The Balaban J connectivity index is 2.54. The third-order valence-corrected chi connectivity index (χ3v) is 4.44. The summed E-state index contributed by atoms with van der Waals surface area (Å²) in [7, 11) is 0. The van der Waals surface area contributed by atoms with Crippen molar-refractivity contribution in [3.05, 3.63) is 0 Å². The number of amides is 2. The Morgan fingerprint density at radius 3 is 2.45 bits per heavy atom. The molecule has 1 rings (SSSR count). The maximum atomic E-state index is 12.4. The molecule has 1 aliphatic rings. The van der Waals surface area contributed by atoms with Crippen LogP contribution in [-0.4, -0.2) is 35.8 Å². The van der Waals surface area contributed by atoms with Crippen molar-refractivity contribution in [2.24, 2.45) is 22.8 Å². The van der Waals surface area contributed by atoms with Crippen molar-refractivity contribution >= 4 is 11.8 Å². The first kappa shape index (κ1) is 17.0. The molecular weight excluding hydrogens is 254 g/mol. The Hall–Kier alpha value is -1.10. The lowest BCUT2D eigenvalue weighted by atomic mass is 9.84. The third kappa shape index (κ3) is 4.78. The molecule has 0 radical (unpaired) electrons. The van der Waals surface area contributed by atoms with Crippen molar-refractivity contribution in [1.82, 2.24) is 4.90 Å². The molecule has 20 heavy (non-hydrogen) atoms. The lowest BCUT2D eigenvalue weighted by Gasteiger charge is -2.37. The molecule has 116 valence electrons. The van der Waals surface area contributed by atoms with Gasteiger partial charge in [-0.3, -0.25) is 9.59 Å². The van der Waals surface area contributed by atoms with Crippen LogP contribution in [-0.2, 0) is 9.59 Å². The molecule has 2 amide bonds. The van der Waals surface area contributed by atoms with E-state index in [1.807, 2.05) is 11.8 Å². The highest BCUT2D eigenvalue weighted by Gasteiger charge is 2.32. The summed E-state index contributed by atoms with van der Waals surface area (Å²) in [5.74, 6) is -0.348. The fourth-order valence-corrected chi connectivity index (χ4v) is 2.79. The second-order valence-electron chi connectivity index (χ2n) is 6.77. The molecule has 1 fully saturated rings. The highest BCUT2D eigenvalue weighted by molar-refractivity contribution is 5.80. The number of primary amides is 1. The van der Waals surface area contributed by atoms with Crippen molar-refractivity contribution in [2.45, 2.75) is 58.9 Å². The highest BCUT2D eigenvalue weighted by Crippen LogP contribution is 2.28. The van der Waals surface area contributed by atoms with Crippen LogP contribution >= 0.6 is 0 Å². The predicted molar refractivity (Wildman–Crippen MR) is 79.8 cm³/mol. The van der Waals surface area contributed by atoms with E-state index in [1.54, 1.807) is 0 Å². The molecule has 1 saturated heterocycles. The average molecular weight is 283 g/mol. The quantitative estimate of drug-likeness (QED) is 0.769. The van der Waals surface area contributed by atoms with Crippen molar-refractivity contribution in [2.75, 3.05) is 13.1 Å². The molecule has 1 heterocycles. The average Bonchev–Trinajstić information content (AvgIpc) is 2.36. The Morgan fingerprint density at radius 2 is 1.90 bits per heavy atom. The van der Waals surface area contributed by atoms with Crippen LogP contribution in [0.5, 0.6) is 0 Å². The van der Waals surface area contributed by atoms with Crippen LogP contribution in [0.1, 0.15) is 52.9 Å². The zero-order valence-corrected chi connectivity index (χ0v) is 13.0. The molecule has 1 aliphatic heterocycles. The van der Waals surface area contributed by atoms with Crippen LogP contribution < -0.4 is 11.5 Å². The summed E-state index contributed by atoms with van der Waals surface area (Å²) >= 11 is 0. The van der Waals surface area contributed by atoms with Crippen LogP contribution in [0, 0.1) is 11.3 Å². The third-order valence-electron chi connectivity index (χ3n) is 4.44. The Kier molecular flexibility index (Phi) is 5.99. The second kappa shape index (κ2) is 7.07. The van der Waals surface area contributed by atoms with E-state index in [0.29, 0.717) is 19.5 Å². The SMILES string of the molecule is CC1CCC(C(N)=O)CN1C(=O)CCC(C)(C)CCN. The lowest BCUT2D eigenvalue weighted by Crippen LogP contribution is -2.48. The van der Waals surface area contributed by atoms with Crippen LogP contribution in [0.3, 0.4) is 0 Å². The zero-order valence-electron chi connectivity index (χ0n) is 13.0. The van der Waals surface area contributed by atoms with Gasteiger partial charge in [0.05, 0.1) is 5.92 Å². The summed E-state index contributed by atoms with van der Waals surface area (Å²) < 4.78 is 0. The molecule has 0 aliphatic carbocycles. The molecule has 4 N–H and O–H groups in total. The minimum atomic E-state index is -0.293. The van der Waals surface area contributed by atoms with E-state index in [2.05, 4.69) is 13.8 Å². The summed E-state index contributed by atoms with van der Waals surface area (Å²) in [6.45, 7) is 7.44. The van der Waals surface area contributed by atoms with Gasteiger partial charge in [-0.2, -0.15) is 0 Å². The Labute approximate surface area is 122 Å². The number of carbonyl (C=O) groups is 2. The number of carbonyl (C=O) groups excluding carboxylic acids is 2. The van der Waals surface area contributed by atoms with Crippen molar-refractivity contribution < 1.29 is 9.59 Å². The fraction of sp³-hybridized carbons (Fsp3) is 0.867. The van der Waals surface area contributed by atoms with E-state index < -0.39 is 0 Å². The van der Waals surface area contributed by atoms with Gasteiger partial charge in [0.25, 0.3) is 0 Å². The van der Waals surface area contributed by atoms with Gasteiger partial charge in [-0.25, -0.2) is 0 Å². The van der Waals surface area contributed by atoms with Gasteiger partial charge in [-0.1, -0.05) is 13.8 Å². The molecule has 0 bridgehead atoms. The van der Waals surface area contributed by atoms with Crippen LogP contribution in [0.4, 0.5) is 0 Å². The van der Waals surface area contributed by atoms with Gasteiger partial charge >= 0.3 is 0 Å². The molecule has 2 unspecified atom stereocenters. The maximum Gasteiger partial charge on any atom is 0.222 e. The van der Waals surface area contributed by atoms with E-state index in [0.717, 1.165) is 25.7 Å². The van der Waals surface area contributed by atoms with E-state index in [9.17, 15) is 9.59 Å². The van der Waals surface area contributed by atoms with Crippen molar-refractivity contribution in [1.29, 1.82) is 0 Å². The predicted octanol–water partition coefficient (Wildman–Crippen LogP) is 1.25. The van der Waals surface area contributed by atoms with Gasteiger partial charge < -0.3 is 16.4 Å². The van der Waals surface area contributed by atoms with Crippen molar-refractivity contribution in [3.8, 4) is 0 Å². The number of likely N-dealkylation sites (tertiary alicyclic amines) is 1. The standard InChI is InChI=1S/C15H29N3O2/c1-11-4-5-12(14(17)20)10-18(11)13(19)6-7-15(2,3)8-9-16/h11-12H,4-10,16H2,1-3H3,(H2,17,20). The molecule has 0 aromatic carbocycles. The fourth-order valence-electron chi connectivity index (χ4n) is 2.79. The Morgan fingerprint density at radius 1 is 1.25 bits per heavy atom. The van der Waals surface area contributed by atoms with Gasteiger partial charge in [0, 0.05) is 19.0 Å². The summed E-state index contributed by atoms with van der Waals surface area (Å²) in [5, 5.41) is 0. The minimum absolute atomic E-state index is 0.0898. The molecule has 0 saturated carbocycles. The summed E-state index contributed by atoms with van der Waals surface area (Å²) in [6.07, 6.45) is 3.90. The number of nitrogens with zero attached hydrogens (tertiary/aromatic N) is 1. The van der Waals surface area contributed by atoms with E-state index in [-0.39, 0.29) is 29.2 Å². The normalized spacial score (nSPS) is 23.7. The Bertz CT molecular complexity index is 355. The van der Waals surface area contributed by atoms with Gasteiger partial charge in [-0.15, -0.1) is 0 Å². The first-order chi connectivity index (χ1) is 9.26. The number of hydrogen-bond acceptors (Lipinski definition) is 3. The molecule has 5 heteroatoms. The topological polar surface area (TPSA) is 89.4 Å². The number of hydrogen-bond donors (Lipinski definition) is 2. The lowest BCUT2D eigenvalue weighted by molar-refractivity contribution is -0.138. The van der Waals surface area contributed by atoms with Gasteiger partial charge in [0.2, 0.25) is 11.8 Å². The van der Waals surface area contributed by atoms with E-state index in [1.165, 1.54) is 0 Å². The largest absolute Gasteiger partial charge is 0.369 e. The van der Waals surface area contributed by atoms with E-state index in [4.69, 9.17) is 11.5 Å². The van der Waals surface area contributed by atoms with Gasteiger partial charge in [-0.05, 0) is 44.6 Å². The molecular formula is C15H29N3O2. The van der Waals surface area contributed by atoms with E-state index >= 15 is 0 Å². The van der Waals surface area contributed by atoms with Gasteiger partial charge in [0.15, 0.2) is 0 Å². The first-order valence-electron chi connectivity index (χ1n) is 7.55. The number of nitrogens with two attached hydrogens (primary N) is 2. The van der Waals surface area contributed by atoms with Crippen LogP contribution in [0.15, 0.2) is 0 Å².